The molecule has 5 unspecified atom stereocenters. The minimum Gasteiger partial charge on any atom is -0.355 e. The Morgan fingerprint density at radius 3 is 2.59 bits per heavy atom. The molecule has 98 valence electrons. The Kier molecular flexibility index (Phi) is 3.42. The van der Waals surface area contributed by atoms with Crippen molar-refractivity contribution in [3.05, 3.63) is 0 Å². The summed E-state index contributed by atoms with van der Waals surface area (Å²) in [6.45, 7) is 0.832. The highest BCUT2D eigenvalue weighted by Crippen LogP contribution is 2.58. The number of nitrogens with one attached hydrogen (secondary N) is 1. The summed E-state index contributed by atoms with van der Waals surface area (Å²) >= 11 is 0. The van der Waals surface area contributed by atoms with Gasteiger partial charge in [0.15, 0.2) is 6.29 Å². The summed E-state index contributed by atoms with van der Waals surface area (Å²) in [4.78, 5) is 0. The monoisotopic (exact) mass is 239 g/mol. The van der Waals surface area contributed by atoms with Crippen molar-refractivity contribution in [2.45, 2.75) is 44.4 Å². The topological polar surface area (TPSA) is 30.5 Å². The molecule has 0 aromatic heterocycles. The molecule has 0 aromatic rings. The average molecular weight is 239 g/mol. The molecular formula is C14H25NO2. The van der Waals surface area contributed by atoms with Crippen molar-refractivity contribution in [1.82, 2.24) is 5.32 Å². The lowest BCUT2D eigenvalue weighted by Gasteiger charge is -2.32. The van der Waals surface area contributed by atoms with Gasteiger partial charge in [0.25, 0.3) is 0 Å². The maximum Gasteiger partial charge on any atom is 0.169 e. The van der Waals surface area contributed by atoms with E-state index in [1.54, 1.807) is 14.2 Å². The first kappa shape index (κ1) is 11.9. The molecule has 3 saturated carbocycles. The van der Waals surface area contributed by atoms with Gasteiger partial charge in [-0.3, -0.25) is 0 Å². The Labute approximate surface area is 104 Å². The van der Waals surface area contributed by atoms with Crippen molar-refractivity contribution >= 4 is 0 Å². The van der Waals surface area contributed by atoms with Crippen LogP contribution in [-0.4, -0.2) is 33.1 Å². The van der Waals surface area contributed by atoms with Crippen LogP contribution in [-0.2, 0) is 9.47 Å². The standard InChI is InChI=1S/C14H25NO2/c1-16-14(17-2)8-15-13-7-9-6-12(13)11-5-3-4-10(9)11/h9-15H,3-8H2,1-2H3. The SMILES string of the molecule is COC(CNC1CC2CC1C1CCCC21)OC. The van der Waals surface area contributed by atoms with E-state index in [4.69, 9.17) is 9.47 Å². The van der Waals surface area contributed by atoms with Crippen LogP contribution < -0.4 is 5.32 Å². The van der Waals surface area contributed by atoms with E-state index in [1.165, 1.54) is 32.1 Å². The molecule has 0 radical (unpaired) electrons. The van der Waals surface area contributed by atoms with Crippen LogP contribution in [0.25, 0.3) is 0 Å². The predicted octanol–water partition coefficient (Wildman–Crippen LogP) is 2.02. The quantitative estimate of drug-likeness (QED) is 0.745. The largest absolute Gasteiger partial charge is 0.355 e. The summed E-state index contributed by atoms with van der Waals surface area (Å²) < 4.78 is 10.5. The molecule has 3 aliphatic carbocycles. The first-order chi connectivity index (χ1) is 8.33. The molecule has 3 aliphatic rings. The molecule has 0 saturated heterocycles. The average Bonchev–Trinajstić information content (AvgIpc) is 3.02. The molecule has 17 heavy (non-hydrogen) atoms. The Morgan fingerprint density at radius 1 is 1.06 bits per heavy atom. The number of methoxy groups -OCH3 is 2. The molecule has 2 bridgehead atoms. The van der Waals surface area contributed by atoms with Crippen LogP contribution >= 0.6 is 0 Å². The summed E-state index contributed by atoms with van der Waals surface area (Å²) in [5, 5.41) is 3.68. The van der Waals surface area contributed by atoms with Crippen LogP contribution in [0.1, 0.15) is 32.1 Å². The summed E-state index contributed by atoms with van der Waals surface area (Å²) in [6, 6.07) is 0.729. The van der Waals surface area contributed by atoms with Crippen LogP contribution in [0.15, 0.2) is 0 Å². The number of hydrogen-bond acceptors (Lipinski definition) is 3. The molecule has 3 heteroatoms. The van der Waals surface area contributed by atoms with Crippen molar-refractivity contribution in [3.8, 4) is 0 Å². The zero-order valence-electron chi connectivity index (χ0n) is 11.0. The number of rotatable bonds is 5. The molecule has 5 atom stereocenters. The fourth-order valence-corrected chi connectivity index (χ4v) is 4.81. The van der Waals surface area contributed by atoms with E-state index in [0.29, 0.717) is 0 Å². The second-order valence-electron chi connectivity index (χ2n) is 6.07. The molecular weight excluding hydrogens is 214 g/mol. The normalized spacial score (nSPS) is 43.6. The predicted molar refractivity (Wildman–Crippen MR) is 66.6 cm³/mol. The highest BCUT2D eigenvalue weighted by Gasteiger charge is 2.53. The van der Waals surface area contributed by atoms with E-state index >= 15 is 0 Å². The second-order valence-corrected chi connectivity index (χ2v) is 6.07. The summed E-state index contributed by atoms with van der Waals surface area (Å²) in [5.74, 6) is 4.09. The van der Waals surface area contributed by atoms with Gasteiger partial charge in [0, 0.05) is 26.8 Å². The number of fused-ring (bicyclic) bond motifs is 5. The highest BCUT2D eigenvalue weighted by molar-refractivity contribution is 5.05. The first-order valence-electron chi connectivity index (χ1n) is 7.12. The lowest BCUT2D eigenvalue weighted by Crippen LogP contribution is -2.43. The van der Waals surface area contributed by atoms with Crippen molar-refractivity contribution < 1.29 is 9.47 Å². The fourth-order valence-electron chi connectivity index (χ4n) is 4.81. The van der Waals surface area contributed by atoms with Gasteiger partial charge in [0.1, 0.15) is 0 Å². The van der Waals surface area contributed by atoms with E-state index < -0.39 is 0 Å². The molecule has 3 fully saturated rings. The van der Waals surface area contributed by atoms with Crippen molar-refractivity contribution in [2.75, 3.05) is 20.8 Å². The van der Waals surface area contributed by atoms with E-state index in [-0.39, 0.29) is 6.29 Å². The Balaban J connectivity index is 1.53. The maximum absolute atomic E-state index is 5.24. The Morgan fingerprint density at radius 2 is 1.82 bits per heavy atom. The van der Waals surface area contributed by atoms with Crippen LogP contribution in [0.5, 0.6) is 0 Å². The Bertz CT molecular complexity index is 267. The highest BCUT2D eigenvalue weighted by atomic mass is 16.7. The van der Waals surface area contributed by atoms with E-state index in [2.05, 4.69) is 5.32 Å². The van der Waals surface area contributed by atoms with Crippen LogP contribution in [0.2, 0.25) is 0 Å². The maximum atomic E-state index is 5.24. The van der Waals surface area contributed by atoms with Crippen molar-refractivity contribution in [3.63, 3.8) is 0 Å². The molecule has 0 heterocycles. The third-order valence-corrected chi connectivity index (χ3v) is 5.50. The summed E-state index contributed by atoms with van der Waals surface area (Å²) in [6.07, 6.45) is 7.27. The van der Waals surface area contributed by atoms with Gasteiger partial charge in [-0.1, -0.05) is 6.42 Å². The zero-order valence-corrected chi connectivity index (χ0v) is 11.0. The van der Waals surface area contributed by atoms with Gasteiger partial charge < -0.3 is 14.8 Å². The second kappa shape index (κ2) is 4.87. The minimum absolute atomic E-state index is 0.0894. The van der Waals surface area contributed by atoms with Crippen LogP contribution in [0.3, 0.4) is 0 Å². The van der Waals surface area contributed by atoms with Gasteiger partial charge in [0.2, 0.25) is 0 Å². The van der Waals surface area contributed by atoms with Gasteiger partial charge >= 0.3 is 0 Å². The lowest BCUT2D eigenvalue weighted by atomic mass is 9.79. The molecule has 1 N–H and O–H groups in total. The molecule has 0 spiro atoms. The third kappa shape index (κ3) is 2.02. The molecule has 3 nitrogen and oxygen atoms in total. The zero-order chi connectivity index (χ0) is 11.8. The molecule has 0 amide bonds. The molecule has 0 aromatic carbocycles. The fraction of sp³-hybridized carbons (Fsp3) is 1.00. The number of hydrogen-bond donors (Lipinski definition) is 1. The molecule has 3 rings (SSSR count). The van der Waals surface area contributed by atoms with Crippen LogP contribution in [0, 0.1) is 23.7 Å². The first-order valence-corrected chi connectivity index (χ1v) is 7.12. The van der Waals surface area contributed by atoms with E-state index in [0.717, 1.165) is 36.3 Å². The van der Waals surface area contributed by atoms with E-state index in [1.807, 2.05) is 0 Å². The minimum atomic E-state index is -0.0894. The van der Waals surface area contributed by atoms with Crippen molar-refractivity contribution in [2.24, 2.45) is 23.7 Å². The van der Waals surface area contributed by atoms with Crippen molar-refractivity contribution in [1.29, 1.82) is 0 Å². The molecule has 0 aliphatic heterocycles. The van der Waals surface area contributed by atoms with Gasteiger partial charge in [-0.05, 0) is 49.4 Å². The smallest absolute Gasteiger partial charge is 0.169 e. The Hall–Kier alpha value is -0.120. The summed E-state index contributed by atoms with van der Waals surface area (Å²) in [5.41, 5.74) is 0. The number of ether oxygens (including phenoxy) is 2. The van der Waals surface area contributed by atoms with Gasteiger partial charge in [-0.2, -0.15) is 0 Å². The van der Waals surface area contributed by atoms with Gasteiger partial charge in [-0.25, -0.2) is 0 Å². The lowest BCUT2D eigenvalue weighted by molar-refractivity contribution is -0.101. The van der Waals surface area contributed by atoms with Gasteiger partial charge in [0.05, 0.1) is 0 Å². The van der Waals surface area contributed by atoms with Crippen LogP contribution in [0.4, 0.5) is 0 Å². The van der Waals surface area contributed by atoms with E-state index in [9.17, 15) is 0 Å². The third-order valence-electron chi connectivity index (χ3n) is 5.50. The van der Waals surface area contributed by atoms with Gasteiger partial charge in [-0.15, -0.1) is 0 Å². The summed E-state index contributed by atoms with van der Waals surface area (Å²) in [7, 11) is 3.42.